The molecule has 0 radical (unpaired) electrons. The monoisotopic (exact) mass is 421 g/mol. The van der Waals surface area contributed by atoms with Gasteiger partial charge in [-0.25, -0.2) is 16.8 Å². The zero-order valence-electron chi connectivity index (χ0n) is 17.3. The maximum atomic E-state index is 11.9. The van der Waals surface area contributed by atoms with Crippen molar-refractivity contribution >= 4 is 20.0 Å². The maximum absolute atomic E-state index is 11.9. The Morgan fingerprint density at radius 3 is 1.81 bits per heavy atom. The van der Waals surface area contributed by atoms with Gasteiger partial charge >= 0.3 is 0 Å². The summed E-state index contributed by atoms with van der Waals surface area (Å²) in [7, 11) is -5.12. The first-order chi connectivity index (χ1) is 12.4. The van der Waals surface area contributed by atoms with E-state index >= 15 is 0 Å². The summed E-state index contributed by atoms with van der Waals surface area (Å²) in [5.74, 6) is 0.660. The lowest BCUT2D eigenvalue weighted by Gasteiger charge is -2.31. The van der Waals surface area contributed by atoms with Crippen molar-refractivity contribution in [2.45, 2.75) is 58.3 Å². The molecule has 6 nitrogen and oxygen atoms in total. The summed E-state index contributed by atoms with van der Waals surface area (Å²) in [6.45, 7) is 9.82. The van der Waals surface area contributed by atoms with Crippen molar-refractivity contribution in [3.8, 4) is 0 Å². The molecule has 0 N–H and O–H groups in total. The molecule has 158 valence electrons. The van der Waals surface area contributed by atoms with Gasteiger partial charge in [-0.15, -0.1) is 0 Å². The van der Waals surface area contributed by atoms with E-state index in [-0.39, 0.29) is 4.90 Å². The Morgan fingerprint density at radius 1 is 0.889 bits per heavy atom. The van der Waals surface area contributed by atoms with Crippen molar-refractivity contribution in [3.05, 3.63) is 29.8 Å². The van der Waals surface area contributed by atoms with Crippen LogP contribution < -0.4 is 0 Å². The highest BCUT2D eigenvalue weighted by molar-refractivity contribution is 7.91. The normalized spacial score (nSPS) is 12.4. The molecule has 0 fully saturated rings. The molecule has 0 aliphatic rings. The van der Waals surface area contributed by atoms with Gasteiger partial charge in [0, 0.05) is 0 Å². The van der Waals surface area contributed by atoms with Crippen LogP contribution in [0, 0.1) is 6.92 Å². The Labute approximate surface area is 165 Å². The number of aryl methyl sites for hydroxylation is 1. The van der Waals surface area contributed by atoms with E-state index in [1.807, 2.05) is 14.0 Å². The fourth-order valence-corrected chi connectivity index (χ4v) is 4.96. The summed E-state index contributed by atoms with van der Waals surface area (Å²) in [6, 6.07) is 5.78. The molecule has 0 heterocycles. The number of nitrogens with zero attached hydrogens (tertiary/aromatic N) is 1. The summed E-state index contributed by atoms with van der Waals surface area (Å²) < 4.78 is 55.6. The molecule has 1 aromatic rings. The summed E-state index contributed by atoms with van der Waals surface area (Å²) in [6.07, 6.45) is 4.16. The van der Waals surface area contributed by atoms with Gasteiger partial charge in [-0.05, 0) is 39.3 Å². The van der Waals surface area contributed by atoms with Crippen LogP contribution in [0.25, 0.3) is 0 Å². The summed E-state index contributed by atoms with van der Waals surface area (Å²) >= 11 is 0. The summed E-state index contributed by atoms with van der Waals surface area (Å²) in [5.41, 5.74) is 0.928. The van der Waals surface area contributed by atoms with Crippen LogP contribution in [0.4, 0.5) is 0 Å². The molecule has 0 atom stereocenters. The number of benzene rings is 1. The molecular formula is C19H35NO5S2. The van der Waals surface area contributed by atoms with Crippen LogP contribution in [0.15, 0.2) is 29.2 Å². The van der Waals surface area contributed by atoms with Gasteiger partial charge in [-0.3, -0.25) is 0 Å². The summed E-state index contributed by atoms with van der Waals surface area (Å²) in [5, 5.41) is 0. The van der Waals surface area contributed by atoms with Gasteiger partial charge < -0.3 is 9.04 Å². The van der Waals surface area contributed by atoms with E-state index < -0.39 is 20.0 Å². The lowest BCUT2D eigenvalue weighted by molar-refractivity contribution is -0.894. The first kappa shape index (κ1) is 26.0. The molecule has 0 bridgehead atoms. The molecule has 0 spiro atoms. The standard InChI is InChI=1S/C12H28NO2S.C7H8O3S/c1-5-8-9-10-11-16(14,15)12-13(4,6-2)7-3;1-6-2-4-7(5-3-6)11(8,9)10/h5-12H2,1-4H3;2-5H,1H3,(H,8,9,10)/q+1;/p-1. The number of hydrogen-bond acceptors (Lipinski definition) is 5. The van der Waals surface area contributed by atoms with E-state index in [4.69, 9.17) is 0 Å². The quantitative estimate of drug-likeness (QED) is 0.328. The van der Waals surface area contributed by atoms with Gasteiger partial charge in [-0.2, -0.15) is 0 Å². The van der Waals surface area contributed by atoms with Gasteiger partial charge in [-0.1, -0.05) is 43.9 Å². The van der Waals surface area contributed by atoms with Crippen LogP contribution in [-0.4, -0.2) is 57.6 Å². The third-order valence-corrected chi connectivity index (χ3v) is 7.43. The zero-order chi connectivity index (χ0) is 21.1. The minimum atomic E-state index is -4.27. The Hall–Kier alpha value is -0.960. The van der Waals surface area contributed by atoms with Gasteiger partial charge in [0.15, 0.2) is 5.88 Å². The average Bonchev–Trinajstić information content (AvgIpc) is 2.58. The predicted molar refractivity (Wildman–Crippen MR) is 109 cm³/mol. The molecule has 8 heteroatoms. The highest BCUT2D eigenvalue weighted by Crippen LogP contribution is 2.10. The molecule has 0 saturated heterocycles. The first-order valence-corrected chi connectivity index (χ1v) is 12.7. The molecular weight excluding hydrogens is 386 g/mol. The van der Waals surface area contributed by atoms with Crippen molar-refractivity contribution in [1.82, 2.24) is 0 Å². The average molecular weight is 422 g/mol. The van der Waals surface area contributed by atoms with Gasteiger partial charge in [0.05, 0.1) is 30.8 Å². The lowest BCUT2D eigenvalue weighted by atomic mass is 10.2. The summed E-state index contributed by atoms with van der Waals surface area (Å²) in [4.78, 5) is -0.178. The fraction of sp³-hybridized carbons (Fsp3) is 0.684. The number of sulfone groups is 1. The van der Waals surface area contributed by atoms with Crippen LogP contribution in [0.2, 0.25) is 0 Å². The predicted octanol–water partition coefficient (Wildman–Crippen LogP) is 3.32. The molecule has 0 amide bonds. The molecule has 0 aromatic heterocycles. The molecule has 27 heavy (non-hydrogen) atoms. The van der Waals surface area contributed by atoms with E-state index in [9.17, 15) is 21.4 Å². The number of unbranched alkanes of at least 4 members (excludes halogenated alkanes) is 3. The van der Waals surface area contributed by atoms with E-state index in [2.05, 4.69) is 20.8 Å². The second kappa shape index (κ2) is 11.8. The largest absolute Gasteiger partial charge is 0.744 e. The zero-order valence-corrected chi connectivity index (χ0v) is 18.9. The molecule has 1 aromatic carbocycles. The molecule has 0 saturated carbocycles. The minimum Gasteiger partial charge on any atom is -0.744 e. The molecule has 1 rings (SSSR count). The first-order valence-electron chi connectivity index (χ1n) is 9.45. The highest BCUT2D eigenvalue weighted by Gasteiger charge is 2.25. The van der Waals surface area contributed by atoms with Gasteiger partial charge in [0.25, 0.3) is 0 Å². The third-order valence-electron chi connectivity index (χ3n) is 4.65. The van der Waals surface area contributed by atoms with Crippen molar-refractivity contribution in [3.63, 3.8) is 0 Å². The molecule has 0 aliphatic heterocycles. The maximum Gasteiger partial charge on any atom is 0.200 e. The van der Waals surface area contributed by atoms with Crippen molar-refractivity contribution in [2.24, 2.45) is 0 Å². The topological polar surface area (TPSA) is 91.3 Å². The Bertz CT molecular complexity index is 737. The molecule has 0 aliphatic carbocycles. The Balaban J connectivity index is 0.000000533. The third kappa shape index (κ3) is 11.5. The number of hydrogen-bond donors (Lipinski definition) is 0. The van der Waals surface area contributed by atoms with E-state index in [0.29, 0.717) is 16.1 Å². The van der Waals surface area contributed by atoms with Crippen LogP contribution in [0.5, 0.6) is 0 Å². The smallest absolute Gasteiger partial charge is 0.200 e. The minimum absolute atomic E-state index is 0.178. The second-order valence-corrected chi connectivity index (χ2v) is 10.7. The second-order valence-electron chi connectivity index (χ2n) is 7.16. The van der Waals surface area contributed by atoms with Gasteiger partial charge in [0.1, 0.15) is 10.1 Å². The van der Waals surface area contributed by atoms with Crippen molar-refractivity contribution in [2.75, 3.05) is 31.8 Å². The number of rotatable bonds is 10. The van der Waals surface area contributed by atoms with E-state index in [1.165, 1.54) is 12.1 Å². The number of quaternary nitrogens is 1. The Kier molecular flexibility index (Phi) is 11.4. The Morgan fingerprint density at radius 2 is 1.41 bits per heavy atom. The van der Waals surface area contributed by atoms with Gasteiger partial charge in [0.2, 0.25) is 9.84 Å². The highest BCUT2D eigenvalue weighted by atomic mass is 32.2. The van der Waals surface area contributed by atoms with Crippen LogP contribution in [0.1, 0.15) is 52.0 Å². The van der Waals surface area contributed by atoms with E-state index in [1.54, 1.807) is 12.1 Å². The van der Waals surface area contributed by atoms with E-state index in [0.717, 1.165) is 44.3 Å². The fourth-order valence-electron chi connectivity index (χ4n) is 2.40. The van der Waals surface area contributed by atoms with Crippen LogP contribution >= 0.6 is 0 Å². The van der Waals surface area contributed by atoms with Crippen LogP contribution in [0.3, 0.4) is 0 Å². The van der Waals surface area contributed by atoms with Crippen molar-refractivity contribution in [1.29, 1.82) is 0 Å². The van der Waals surface area contributed by atoms with Crippen molar-refractivity contribution < 1.29 is 25.9 Å². The van der Waals surface area contributed by atoms with Crippen LogP contribution in [-0.2, 0) is 20.0 Å². The SMILES string of the molecule is CCCCCCS(=O)(=O)C[N+](C)(CC)CC.Cc1ccc(S(=O)(=O)[O-])cc1. The molecule has 0 unspecified atom stereocenters. The lowest BCUT2D eigenvalue weighted by Crippen LogP contribution is -2.47.